The molecule has 3 N–H and O–H groups in total. The summed E-state index contributed by atoms with van der Waals surface area (Å²) in [5.41, 5.74) is 8.36. The number of anilines is 2. The molecule has 11 heteroatoms. The lowest BCUT2D eigenvalue weighted by molar-refractivity contribution is -0.134. The lowest BCUT2D eigenvalue weighted by Gasteiger charge is -2.33. The van der Waals surface area contributed by atoms with Gasteiger partial charge in [-0.25, -0.2) is 17.4 Å². The molecule has 1 amide bonds. The Labute approximate surface area is 221 Å². The van der Waals surface area contributed by atoms with E-state index in [9.17, 15) is 13.2 Å². The van der Waals surface area contributed by atoms with Gasteiger partial charge in [-0.15, -0.1) is 0 Å². The van der Waals surface area contributed by atoms with Crippen molar-refractivity contribution in [2.75, 3.05) is 31.8 Å². The van der Waals surface area contributed by atoms with Gasteiger partial charge in [0, 0.05) is 48.8 Å². The van der Waals surface area contributed by atoms with Crippen LogP contribution in [0.2, 0.25) is 0 Å². The zero-order chi connectivity index (χ0) is 26.9. The molecular formula is C27H29N5O5S. The maximum absolute atomic E-state index is 13.2. The molecule has 0 saturated carbocycles. The van der Waals surface area contributed by atoms with Gasteiger partial charge in [0.25, 0.3) is 10.0 Å². The van der Waals surface area contributed by atoms with E-state index in [1.54, 1.807) is 61.6 Å². The molecule has 10 nitrogen and oxygen atoms in total. The van der Waals surface area contributed by atoms with Crippen LogP contribution in [0.4, 0.5) is 11.4 Å². The van der Waals surface area contributed by atoms with Gasteiger partial charge in [-0.1, -0.05) is 18.2 Å². The topological polar surface area (TPSA) is 129 Å². The van der Waals surface area contributed by atoms with E-state index >= 15 is 0 Å². The molecular weight excluding hydrogens is 506 g/mol. The summed E-state index contributed by atoms with van der Waals surface area (Å²) in [5, 5.41) is 3.96. The van der Waals surface area contributed by atoms with Crippen molar-refractivity contribution in [1.29, 1.82) is 0 Å². The van der Waals surface area contributed by atoms with E-state index < -0.39 is 10.0 Å². The number of fused-ring (bicyclic) bond motifs is 1. The second kappa shape index (κ2) is 10.3. The van der Waals surface area contributed by atoms with Crippen molar-refractivity contribution in [1.82, 2.24) is 13.9 Å². The summed E-state index contributed by atoms with van der Waals surface area (Å²) >= 11 is 0. The lowest BCUT2D eigenvalue weighted by atomic mass is 10.0. The van der Waals surface area contributed by atoms with Crippen LogP contribution in [-0.2, 0) is 21.4 Å². The molecule has 0 aliphatic carbocycles. The maximum Gasteiger partial charge on any atom is 0.269 e. The van der Waals surface area contributed by atoms with Gasteiger partial charge in [0.15, 0.2) is 5.65 Å². The molecule has 1 aliphatic heterocycles. The number of amides is 1. The van der Waals surface area contributed by atoms with Crippen LogP contribution in [0.5, 0.6) is 11.5 Å². The maximum atomic E-state index is 13.2. The van der Waals surface area contributed by atoms with Crippen LogP contribution in [0, 0.1) is 0 Å². The van der Waals surface area contributed by atoms with Gasteiger partial charge < -0.3 is 25.4 Å². The fourth-order valence-corrected chi connectivity index (χ4v) is 6.02. The number of aromatic nitrogens is 2. The molecule has 0 bridgehead atoms. The highest BCUT2D eigenvalue weighted by atomic mass is 32.2. The van der Waals surface area contributed by atoms with Crippen molar-refractivity contribution in [3.05, 3.63) is 72.6 Å². The molecule has 1 fully saturated rings. The highest BCUT2D eigenvalue weighted by molar-refractivity contribution is 7.90. The van der Waals surface area contributed by atoms with E-state index in [0.29, 0.717) is 47.8 Å². The summed E-state index contributed by atoms with van der Waals surface area (Å²) in [5.74, 6) is 1.35. The number of rotatable bonds is 8. The molecule has 0 spiro atoms. The van der Waals surface area contributed by atoms with Crippen molar-refractivity contribution in [2.24, 2.45) is 0 Å². The number of ether oxygens (including phenoxy) is 2. The van der Waals surface area contributed by atoms with Gasteiger partial charge in [0.2, 0.25) is 5.91 Å². The first-order valence-electron chi connectivity index (χ1n) is 12.1. The number of benzene rings is 2. The number of methoxy groups -OCH3 is 2. The fraction of sp³-hybridized carbons (Fsp3) is 0.259. The number of pyridine rings is 1. The molecule has 2 aromatic heterocycles. The minimum Gasteiger partial charge on any atom is -0.497 e. The SMILES string of the molecule is COc1ccc(CN2CCC(Nc3c(N)cnc4c3ccn4S(=O)(=O)c3ccccc3)CC2=O)c(OC)c1. The van der Waals surface area contributed by atoms with E-state index in [1.165, 1.54) is 12.4 Å². The van der Waals surface area contributed by atoms with Crippen LogP contribution in [-0.4, -0.2) is 55.0 Å². The first-order valence-corrected chi connectivity index (χ1v) is 13.6. The van der Waals surface area contributed by atoms with E-state index in [4.69, 9.17) is 15.2 Å². The van der Waals surface area contributed by atoms with E-state index in [2.05, 4.69) is 10.3 Å². The van der Waals surface area contributed by atoms with Crippen molar-refractivity contribution in [3.63, 3.8) is 0 Å². The Morgan fingerprint density at radius 1 is 1.11 bits per heavy atom. The second-order valence-electron chi connectivity index (χ2n) is 9.08. The van der Waals surface area contributed by atoms with E-state index in [-0.39, 0.29) is 28.9 Å². The van der Waals surface area contributed by atoms with Crippen LogP contribution >= 0.6 is 0 Å². The summed E-state index contributed by atoms with van der Waals surface area (Å²) in [6, 6.07) is 15.2. The van der Waals surface area contributed by atoms with Gasteiger partial charge >= 0.3 is 0 Å². The number of nitrogens with one attached hydrogen (secondary N) is 1. The Kier molecular flexibility index (Phi) is 6.85. The van der Waals surface area contributed by atoms with Gasteiger partial charge in [-0.05, 0) is 36.8 Å². The van der Waals surface area contributed by atoms with Gasteiger partial charge in [-0.2, -0.15) is 0 Å². The zero-order valence-corrected chi connectivity index (χ0v) is 21.9. The number of nitrogen functional groups attached to an aromatic ring is 1. The Morgan fingerprint density at radius 2 is 1.89 bits per heavy atom. The van der Waals surface area contributed by atoms with Crippen molar-refractivity contribution in [2.45, 2.75) is 30.3 Å². The van der Waals surface area contributed by atoms with Crippen molar-refractivity contribution >= 4 is 38.3 Å². The number of carbonyl (C=O) groups is 1. The molecule has 1 aliphatic rings. The molecule has 1 saturated heterocycles. The molecule has 4 aromatic rings. The first kappa shape index (κ1) is 25.4. The number of carbonyl (C=O) groups excluding carboxylic acids is 1. The fourth-order valence-electron chi connectivity index (χ4n) is 4.70. The Balaban J connectivity index is 1.34. The summed E-state index contributed by atoms with van der Waals surface area (Å²) in [4.78, 5) is 19.3. The quantitative estimate of drug-likeness (QED) is 0.351. The van der Waals surface area contributed by atoms with E-state index in [1.807, 2.05) is 12.1 Å². The van der Waals surface area contributed by atoms with Crippen molar-refractivity contribution < 1.29 is 22.7 Å². The number of piperidine rings is 1. The van der Waals surface area contributed by atoms with Gasteiger partial charge in [0.1, 0.15) is 11.5 Å². The Bertz CT molecular complexity index is 1590. The van der Waals surface area contributed by atoms with Gasteiger partial charge in [-0.3, -0.25) is 4.79 Å². The molecule has 38 heavy (non-hydrogen) atoms. The molecule has 1 atom stereocenters. The number of hydrogen-bond donors (Lipinski definition) is 2. The molecule has 0 radical (unpaired) electrons. The molecule has 3 heterocycles. The first-order chi connectivity index (χ1) is 18.3. The minimum absolute atomic E-state index is 0.000261. The lowest BCUT2D eigenvalue weighted by Crippen LogP contribution is -2.43. The molecule has 5 rings (SSSR count). The van der Waals surface area contributed by atoms with Crippen LogP contribution < -0.4 is 20.5 Å². The minimum atomic E-state index is -3.83. The zero-order valence-electron chi connectivity index (χ0n) is 21.1. The van der Waals surface area contributed by atoms with Crippen LogP contribution in [0.25, 0.3) is 11.0 Å². The third-order valence-corrected chi connectivity index (χ3v) is 8.42. The Hall–Kier alpha value is -4.25. The monoisotopic (exact) mass is 535 g/mol. The standard InChI is InChI=1S/C27H29N5O5S/c1-36-20-9-8-18(24(15-20)37-2)17-31-12-10-19(14-25(31)33)30-26-22-11-13-32(27(22)29-16-23(26)28)38(34,35)21-6-4-3-5-7-21/h3-9,11,13,15-16,19H,10,12,14,17,28H2,1-2H3,(H,29,30). The van der Waals surface area contributed by atoms with E-state index in [0.717, 1.165) is 9.54 Å². The number of nitrogens with two attached hydrogens (primary N) is 1. The second-order valence-corrected chi connectivity index (χ2v) is 10.9. The smallest absolute Gasteiger partial charge is 0.269 e. The van der Waals surface area contributed by atoms with Crippen molar-refractivity contribution in [3.8, 4) is 11.5 Å². The normalized spacial score (nSPS) is 16.0. The predicted octanol–water partition coefficient (Wildman–Crippen LogP) is 3.48. The third kappa shape index (κ3) is 4.72. The Morgan fingerprint density at radius 3 is 2.61 bits per heavy atom. The van der Waals surface area contributed by atoms with Crippen LogP contribution in [0.3, 0.4) is 0 Å². The average Bonchev–Trinajstić information content (AvgIpc) is 3.38. The average molecular weight is 536 g/mol. The summed E-state index contributed by atoms with van der Waals surface area (Å²) in [6.07, 6.45) is 3.87. The number of hydrogen-bond acceptors (Lipinski definition) is 8. The van der Waals surface area contributed by atoms with Gasteiger partial charge in [0.05, 0.1) is 36.7 Å². The molecule has 1 unspecified atom stereocenters. The number of nitrogens with zero attached hydrogens (tertiary/aromatic N) is 3. The highest BCUT2D eigenvalue weighted by Gasteiger charge is 2.28. The predicted molar refractivity (Wildman–Crippen MR) is 145 cm³/mol. The number of likely N-dealkylation sites (tertiary alicyclic amines) is 1. The summed E-state index contributed by atoms with van der Waals surface area (Å²) in [7, 11) is -0.649. The summed E-state index contributed by atoms with van der Waals surface area (Å²) < 4.78 is 38.3. The third-order valence-electron chi connectivity index (χ3n) is 6.74. The summed E-state index contributed by atoms with van der Waals surface area (Å²) in [6.45, 7) is 0.976. The van der Waals surface area contributed by atoms with Crippen LogP contribution in [0.15, 0.2) is 71.9 Å². The molecule has 2 aromatic carbocycles. The highest BCUT2D eigenvalue weighted by Crippen LogP contribution is 2.33. The molecule has 198 valence electrons. The van der Waals surface area contributed by atoms with Crippen LogP contribution in [0.1, 0.15) is 18.4 Å². The largest absolute Gasteiger partial charge is 0.497 e.